The lowest BCUT2D eigenvalue weighted by atomic mass is 10.1. The Morgan fingerprint density at radius 2 is 1.58 bits per heavy atom. The summed E-state index contributed by atoms with van der Waals surface area (Å²) in [6, 6.07) is 17.9. The number of anilines is 1. The van der Waals surface area contributed by atoms with E-state index in [0.717, 1.165) is 34.1 Å². The zero-order valence-electron chi connectivity index (χ0n) is 15.5. The minimum Gasteiger partial charge on any atom is -0.497 e. The number of benzene rings is 2. The van der Waals surface area contributed by atoms with Gasteiger partial charge in [-0.05, 0) is 43.7 Å². The lowest BCUT2D eigenvalue weighted by molar-refractivity contribution is 0.414. The molecular weight excluding hydrogens is 326 g/mol. The highest BCUT2D eigenvalue weighted by molar-refractivity contribution is 5.64. The molecular formula is C21H23N3O2. The molecule has 26 heavy (non-hydrogen) atoms. The highest BCUT2D eigenvalue weighted by Gasteiger charge is 2.10. The molecule has 0 aliphatic rings. The fourth-order valence-electron chi connectivity index (χ4n) is 2.79. The summed E-state index contributed by atoms with van der Waals surface area (Å²) < 4.78 is 10.6. The normalized spacial score (nSPS) is 11.7. The first kappa shape index (κ1) is 17.7. The molecule has 0 amide bonds. The average molecular weight is 349 g/mol. The summed E-state index contributed by atoms with van der Waals surface area (Å²) >= 11 is 0. The molecule has 2 aromatic carbocycles. The second kappa shape index (κ2) is 7.87. The summed E-state index contributed by atoms with van der Waals surface area (Å²) in [7, 11) is 3.33. The van der Waals surface area contributed by atoms with E-state index in [2.05, 4.69) is 28.3 Å². The van der Waals surface area contributed by atoms with E-state index in [1.54, 1.807) is 14.2 Å². The summed E-state index contributed by atoms with van der Waals surface area (Å²) in [5.41, 5.74) is 2.98. The van der Waals surface area contributed by atoms with E-state index in [9.17, 15) is 0 Å². The van der Waals surface area contributed by atoms with Gasteiger partial charge in [0.25, 0.3) is 0 Å². The smallest absolute Gasteiger partial charge is 0.130 e. The van der Waals surface area contributed by atoms with Crippen LogP contribution in [-0.4, -0.2) is 24.2 Å². The number of hydrogen-bond donors (Lipinski definition) is 1. The van der Waals surface area contributed by atoms with Gasteiger partial charge in [-0.15, -0.1) is 0 Å². The van der Waals surface area contributed by atoms with Crippen molar-refractivity contribution in [3.63, 3.8) is 0 Å². The molecule has 1 atom stereocenters. The lowest BCUT2D eigenvalue weighted by Crippen LogP contribution is -2.09. The topological polar surface area (TPSA) is 56.3 Å². The van der Waals surface area contributed by atoms with Crippen LogP contribution in [0.1, 0.15) is 24.4 Å². The second-order valence-electron chi connectivity index (χ2n) is 6.06. The van der Waals surface area contributed by atoms with Crippen LogP contribution in [0.15, 0.2) is 54.6 Å². The summed E-state index contributed by atoms with van der Waals surface area (Å²) in [5, 5.41) is 3.45. The van der Waals surface area contributed by atoms with Crippen molar-refractivity contribution in [2.24, 2.45) is 0 Å². The van der Waals surface area contributed by atoms with Gasteiger partial charge in [0.15, 0.2) is 0 Å². The largest absolute Gasteiger partial charge is 0.497 e. The number of nitrogens with zero attached hydrogens (tertiary/aromatic N) is 2. The van der Waals surface area contributed by atoms with Gasteiger partial charge in [-0.25, -0.2) is 9.97 Å². The van der Waals surface area contributed by atoms with Crippen molar-refractivity contribution in [2.75, 3.05) is 19.5 Å². The quantitative estimate of drug-likeness (QED) is 0.702. The predicted octanol–water partition coefficient (Wildman–Crippen LogP) is 4.64. The van der Waals surface area contributed by atoms with Gasteiger partial charge in [-0.1, -0.05) is 24.3 Å². The molecule has 0 fully saturated rings. The van der Waals surface area contributed by atoms with Gasteiger partial charge in [0.2, 0.25) is 0 Å². The van der Waals surface area contributed by atoms with E-state index >= 15 is 0 Å². The molecule has 5 nitrogen and oxygen atoms in total. The maximum Gasteiger partial charge on any atom is 0.130 e. The van der Waals surface area contributed by atoms with Gasteiger partial charge in [0.05, 0.1) is 26.0 Å². The minimum absolute atomic E-state index is 0.0811. The van der Waals surface area contributed by atoms with Crippen LogP contribution in [-0.2, 0) is 0 Å². The maximum atomic E-state index is 5.31. The molecule has 134 valence electrons. The second-order valence-corrected chi connectivity index (χ2v) is 6.06. The Labute approximate surface area is 154 Å². The molecule has 5 heteroatoms. The van der Waals surface area contributed by atoms with Crippen LogP contribution in [0.5, 0.6) is 11.5 Å². The first-order valence-corrected chi connectivity index (χ1v) is 8.49. The SMILES string of the molecule is COc1cccc(-c2cc(N[C@H](C)c3cccc(OC)c3)nc(C)n2)c1. The maximum absolute atomic E-state index is 5.31. The minimum atomic E-state index is 0.0811. The van der Waals surface area contributed by atoms with E-state index in [1.807, 2.05) is 55.5 Å². The Hall–Kier alpha value is -3.08. The number of methoxy groups -OCH3 is 2. The molecule has 0 bridgehead atoms. The Morgan fingerprint density at radius 3 is 2.31 bits per heavy atom. The van der Waals surface area contributed by atoms with Crippen LogP contribution in [0.25, 0.3) is 11.3 Å². The van der Waals surface area contributed by atoms with Crippen molar-refractivity contribution in [2.45, 2.75) is 19.9 Å². The molecule has 0 saturated carbocycles. The highest BCUT2D eigenvalue weighted by atomic mass is 16.5. The third-order valence-corrected chi connectivity index (χ3v) is 4.16. The van der Waals surface area contributed by atoms with Crippen LogP contribution in [0.4, 0.5) is 5.82 Å². The number of hydrogen-bond acceptors (Lipinski definition) is 5. The molecule has 1 heterocycles. The van der Waals surface area contributed by atoms with Crippen molar-refractivity contribution in [1.82, 2.24) is 9.97 Å². The van der Waals surface area contributed by atoms with E-state index in [4.69, 9.17) is 9.47 Å². The molecule has 0 saturated heterocycles. The van der Waals surface area contributed by atoms with E-state index in [0.29, 0.717) is 5.82 Å². The van der Waals surface area contributed by atoms with Crippen molar-refractivity contribution in [1.29, 1.82) is 0 Å². The van der Waals surface area contributed by atoms with Crippen LogP contribution in [0.3, 0.4) is 0 Å². The summed E-state index contributed by atoms with van der Waals surface area (Å²) in [6.07, 6.45) is 0. The van der Waals surface area contributed by atoms with Crippen molar-refractivity contribution >= 4 is 5.82 Å². The molecule has 1 aromatic heterocycles. The average Bonchev–Trinajstić information content (AvgIpc) is 2.67. The van der Waals surface area contributed by atoms with Crippen molar-refractivity contribution in [3.8, 4) is 22.8 Å². The molecule has 0 aliphatic carbocycles. The fourth-order valence-corrected chi connectivity index (χ4v) is 2.79. The molecule has 3 rings (SSSR count). The lowest BCUT2D eigenvalue weighted by Gasteiger charge is -2.17. The zero-order valence-corrected chi connectivity index (χ0v) is 15.5. The third kappa shape index (κ3) is 4.11. The van der Waals surface area contributed by atoms with Gasteiger partial charge >= 0.3 is 0 Å². The van der Waals surface area contributed by atoms with Crippen LogP contribution >= 0.6 is 0 Å². The van der Waals surface area contributed by atoms with Gasteiger partial charge in [-0.3, -0.25) is 0 Å². The van der Waals surface area contributed by atoms with E-state index in [-0.39, 0.29) is 6.04 Å². The first-order valence-electron chi connectivity index (χ1n) is 8.49. The van der Waals surface area contributed by atoms with Crippen LogP contribution in [0.2, 0.25) is 0 Å². The molecule has 0 aliphatic heterocycles. The number of rotatable bonds is 6. The fraction of sp³-hybridized carbons (Fsp3) is 0.238. The summed E-state index contributed by atoms with van der Waals surface area (Å²) in [6.45, 7) is 3.99. The van der Waals surface area contributed by atoms with Crippen LogP contribution in [0, 0.1) is 6.92 Å². The Morgan fingerprint density at radius 1 is 0.885 bits per heavy atom. The summed E-state index contributed by atoms with van der Waals surface area (Å²) in [4.78, 5) is 9.09. The Bertz CT molecular complexity index is 896. The third-order valence-electron chi connectivity index (χ3n) is 4.16. The first-order chi connectivity index (χ1) is 12.6. The number of aryl methyl sites for hydroxylation is 1. The Balaban J connectivity index is 1.87. The predicted molar refractivity (Wildman–Crippen MR) is 104 cm³/mol. The Kier molecular flexibility index (Phi) is 5.37. The van der Waals surface area contributed by atoms with E-state index < -0.39 is 0 Å². The molecule has 3 aromatic rings. The number of aromatic nitrogens is 2. The standard InChI is InChI=1S/C21H23N3O2/c1-14(16-7-5-9-18(11-16)25-3)22-21-13-20(23-15(2)24-21)17-8-6-10-19(12-17)26-4/h5-14H,1-4H3,(H,22,23,24)/t14-/m1/s1. The molecule has 1 N–H and O–H groups in total. The monoisotopic (exact) mass is 349 g/mol. The van der Waals surface area contributed by atoms with Crippen molar-refractivity contribution < 1.29 is 9.47 Å². The number of ether oxygens (including phenoxy) is 2. The zero-order chi connectivity index (χ0) is 18.5. The van der Waals surface area contributed by atoms with Gasteiger partial charge < -0.3 is 14.8 Å². The summed E-state index contributed by atoms with van der Waals surface area (Å²) in [5.74, 6) is 3.14. The molecule has 0 radical (unpaired) electrons. The van der Waals surface area contributed by atoms with Crippen molar-refractivity contribution in [3.05, 3.63) is 66.0 Å². The van der Waals surface area contributed by atoms with Gasteiger partial charge in [0, 0.05) is 11.6 Å². The molecule has 0 spiro atoms. The van der Waals surface area contributed by atoms with Gasteiger partial charge in [0.1, 0.15) is 23.1 Å². The van der Waals surface area contributed by atoms with Gasteiger partial charge in [-0.2, -0.15) is 0 Å². The molecule has 0 unspecified atom stereocenters. The van der Waals surface area contributed by atoms with Crippen LogP contribution < -0.4 is 14.8 Å². The van der Waals surface area contributed by atoms with E-state index in [1.165, 1.54) is 0 Å². The highest BCUT2D eigenvalue weighted by Crippen LogP contribution is 2.26. The number of nitrogens with one attached hydrogen (secondary N) is 1.